The number of rotatable bonds is 8. The van der Waals surface area contributed by atoms with Crippen molar-refractivity contribution < 1.29 is 28.6 Å². The minimum atomic E-state index is -1.19. The quantitative estimate of drug-likeness (QED) is 0.241. The lowest BCUT2D eigenvalue weighted by Gasteiger charge is -2.02. The number of hydrogen-bond donors (Lipinski definition) is 1. The Hall–Kier alpha value is -4.18. The van der Waals surface area contributed by atoms with Crippen molar-refractivity contribution in [3.63, 3.8) is 0 Å². The molecule has 0 atom stereocenters. The third kappa shape index (κ3) is 5.49. The van der Waals surface area contributed by atoms with E-state index in [2.05, 4.69) is 0 Å². The molecule has 0 aliphatic rings. The summed E-state index contributed by atoms with van der Waals surface area (Å²) in [4.78, 5) is 36.9. The number of hydrogen-bond acceptors (Lipinski definition) is 8. The van der Waals surface area contributed by atoms with Gasteiger partial charge in [-0.3, -0.25) is 4.79 Å². The normalized spacial score (nSPS) is 10.9. The molecule has 2 aromatic heterocycles. The summed E-state index contributed by atoms with van der Waals surface area (Å²) in [5, 5.41) is 28.4. The fraction of sp³-hybridized carbons (Fsp3) is 0.160. The molecule has 0 amide bonds. The van der Waals surface area contributed by atoms with Crippen LogP contribution in [0.4, 0.5) is 0 Å². The van der Waals surface area contributed by atoms with E-state index < -0.39 is 17.7 Å². The zero-order valence-corrected chi connectivity index (χ0v) is 20.1. The molecular weight excluding hydrogens is 492 g/mol. The van der Waals surface area contributed by atoms with Crippen molar-refractivity contribution in [1.29, 1.82) is 10.5 Å². The Morgan fingerprint density at radius 2 is 1.97 bits per heavy atom. The molecule has 0 saturated carbocycles. The van der Waals surface area contributed by atoms with Crippen LogP contribution >= 0.6 is 22.9 Å². The molecule has 3 aromatic rings. The van der Waals surface area contributed by atoms with Gasteiger partial charge in [0.25, 0.3) is 0 Å². The van der Waals surface area contributed by atoms with Gasteiger partial charge in [0.2, 0.25) is 0 Å². The Labute approximate surface area is 209 Å². The van der Waals surface area contributed by atoms with Gasteiger partial charge in [-0.1, -0.05) is 11.6 Å². The lowest BCUT2D eigenvalue weighted by atomic mass is 10.0. The maximum atomic E-state index is 12.8. The monoisotopic (exact) mass is 508 g/mol. The van der Waals surface area contributed by atoms with Crippen molar-refractivity contribution in [3.8, 4) is 23.5 Å². The van der Waals surface area contributed by atoms with Crippen LogP contribution in [-0.2, 0) is 16.0 Å². The molecule has 0 spiro atoms. The van der Waals surface area contributed by atoms with Gasteiger partial charge in [0.1, 0.15) is 28.5 Å². The molecule has 8 nitrogen and oxygen atoms in total. The fourth-order valence-corrected chi connectivity index (χ4v) is 4.57. The first-order chi connectivity index (χ1) is 16.7. The van der Waals surface area contributed by atoms with Crippen LogP contribution in [0, 0.1) is 29.6 Å². The second-order valence-corrected chi connectivity index (χ2v) is 8.67. The van der Waals surface area contributed by atoms with Gasteiger partial charge in [0.15, 0.2) is 5.78 Å². The second kappa shape index (κ2) is 10.8. The summed E-state index contributed by atoms with van der Waals surface area (Å²) in [5.74, 6) is -1.80. The van der Waals surface area contributed by atoms with E-state index in [-0.39, 0.29) is 45.4 Å². The predicted octanol–water partition coefficient (Wildman–Crippen LogP) is 5.44. The summed E-state index contributed by atoms with van der Waals surface area (Å²) < 4.78 is 10.7. The number of thiophene rings is 1. The average molecular weight is 509 g/mol. The van der Waals surface area contributed by atoms with E-state index in [0.29, 0.717) is 21.8 Å². The standard InChI is InChI=1S/C25H17ClN2O6S/c1-3-33-25(32)23-13(2)18(12-28)22(35-23)10-20(29)15(11-27)8-16-5-7-21(34-16)14-4-6-19(26)17(9-14)24(30)31/h4-9H,3,10H2,1-2H3,(H,30,31)/b15-8+. The van der Waals surface area contributed by atoms with Crippen molar-refractivity contribution in [2.75, 3.05) is 6.61 Å². The van der Waals surface area contributed by atoms with E-state index in [1.54, 1.807) is 26.0 Å². The highest BCUT2D eigenvalue weighted by Gasteiger charge is 2.23. The number of carbonyl (C=O) groups is 3. The molecule has 3 rings (SSSR count). The third-order valence-corrected chi connectivity index (χ3v) is 6.53. The molecule has 0 fully saturated rings. The Bertz CT molecular complexity index is 1450. The molecule has 10 heteroatoms. The van der Waals surface area contributed by atoms with Crippen molar-refractivity contribution in [2.45, 2.75) is 20.3 Å². The summed E-state index contributed by atoms with van der Waals surface area (Å²) in [6.07, 6.45) is 1.01. The maximum Gasteiger partial charge on any atom is 0.348 e. The largest absolute Gasteiger partial charge is 0.478 e. The first kappa shape index (κ1) is 25.4. The van der Waals surface area contributed by atoms with E-state index >= 15 is 0 Å². The first-order valence-electron chi connectivity index (χ1n) is 10.2. The van der Waals surface area contributed by atoms with Crippen LogP contribution in [0.25, 0.3) is 17.4 Å². The summed E-state index contributed by atoms with van der Waals surface area (Å²) in [6, 6.07) is 11.3. The van der Waals surface area contributed by atoms with E-state index in [1.165, 1.54) is 24.3 Å². The number of allylic oxidation sites excluding steroid dienone is 1. The molecule has 35 heavy (non-hydrogen) atoms. The Morgan fingerprint density at radius 3 is 2.60 bits per heavy atom. The van der Waals surface area contributed by atoms with Crippen LogP contribution in [0.1, 0.15) is 48.7 Å². The van der Waals surface area contributed by atoms with Crippen LogP contribution in [0.15, 0.2) is 40.3 Å². The number of benzene rings is 1. The molecule has 1 aromatic carbocycles. The molecule has 0 saturated heterocycles. The summed E-state index contributed by atoms with van der Waals surface area (Å²) in [7, 11) is 0. The number of furan rings is 1. The lowest BCUT2D eigenvalue weighted by Crippen LogP contribution is -2.05. The van der Waals surface area contributed by atoms with E-state index in [4.69, 9.17) is 20.8 Å². The van der Waals surface area contributed by atoms with Gasteiger partial charge in [0, 0.05) is 22.9 Å². The Balaban J connectivity index is 1.87. The molecule has 1 N–H and O–H groups in total. The van der Waals surface area contributed by atoms with Crippen LogP contribution in [0.3, 0.4) is 0 Å². The summed E-state index contributed by atoms with van der Waals surface area (Å²) in [6.45, 7) is 3.44. The van der Waals surface area contributed by atoms with Crippen LogP contribution < -0.4 is 0 Å². The highest BCUT2D eigenvalue weighted by atomic mass is 35.5. The third-order valence-electron chi connectivity index (χ3n) is 4.93. The topological polar surface area (TPSA) is 141 Å². The molecule has 176 valence electrons. The number of aromatic carboxylic acids is 1. The number of carboxylic acids is 1. The minimum absolute atomic E-state index is 0.0805. The van der Waals surface area contributed by atoms with Crippen molar-refractivity contribution >= 4 is 46.7 Å². The number of ether oxygens (including phenoxy) is 1. The molecular formula is C25H17ClN2O6S. The second-order valence-electron chi connectivity index (χ2n) is 7.16. The van der Waals surface area contributed by atoms with Gasteiger partial charge in [-0.15, -0.1) is 11.3 Å². The molecule has 0 aliphatic carbocycles. The van der Waals surface area contributed by atoms with Crippen LogP contribution in [0.2, 0.25) is 5.02 Å². The van der Waals surface area contributed by atoms with Crippen molar-refractivity contribution in [1.82, 2.24) is 0 Å². The van der Waals surface area contributed by atoms with Gasteiger partial charge < -0.3 is 14.3 Å². The number of nitrogens with zero attached hydrogens (tertiary/aromatic N) is 2. The number of nitriles is 2. The fourth-order valence-electron chi connectivity index (χ4n) is 3.22. The number of carbonyl (C=O) groups excluding carboxylic acids is 2. The van der Waals surface area contributed by atoms with E-state index in [0.717, 1.165) is 11.3 Å². The Morgan fingerprint density at radius 1 is 1.23 bits per heavy atom. The number of carboxylic acid groups (broad SMARTS) is 1. The highest BCUT2D eigenvalue weighted by molar-refractivity contribution is 7.14. The maximum absolute atomic E-state index is 12.8. The van der Waals surface area contributed by atoms with Gasteiger partial charge in [-0.25, -0.2) is 9.59 Å². The smallest absolute Gasteiger partial charge is 0.348 e. The summed E-state index contributed by atoms with van der Waals surface area (Å²) >= 11 is 6.89. The van der Waals surface area contributed by atoms with Gasteiger partial charge >= 0.3 is 11.9 Å². The number of ketones is 1. The van der Waals surface area contributed by atoms with E-state index in [1.807, 2.05) is 12.1 Å². The van der Waals surface area contributed by atoms with Gasteiger partial charge in [0.05, 0.1) is 28.3 Å². The molecule has 0 unspecified atom stereocenters. The van der Waals surface area contributed by atoms with Crippen molar-refractivity contribution in [2.24, 2.45) is 0 Å². The van der Waals surface area contributed by atoms with Crippen LogP contribution in [-0.4, -0.2) is 29.4 Å². The molecule has 0 aliphatic heterocycles. The lowest BCUT2D eigenvalue weighted by molar-refractivity contribution is -0.114. The van der Waals surface area contributed by atoms with Gasteiger partial charge in [-0.05, 0) is 49.7 Å². The number of esters is 1. The number of halogens is 1. The van der Waals surface area contributed by atoms with Gasteiger partial charge in [-0.2, -0.15) is 10.5 Å². The number of Topliss-reactive ketones (excluding diaryl/α,β-unsaturated/α-hetero) is 1. The van der Waals surface area contributed by atoms with Crippen LogP contribution in [0.5, 0.6) is 0 Å². The van der Waals surface area contributed by atoms with Crippen molar-refractivity contribution in [3.05, 3.63) is 73.1 Å². The molecule has 2 heterocycles. The SMILES string of the molecule is CCOC(=O)c1sc(CC(=O)/C(C#N)=C/c2ccc(-c3ccc(Cl)c(C(=O)O)c3)o2)c(C#N)c1C. The molecule has 0 radical (unpaired) electrons. The predicted molar refractivity (Wildman–Crippen MR) is 128 cm³/mol. The zero-order chi connectivity index (χ0) is 25.7. The molecule has 0 bridgehead atoms. The van der Waals surface area contributed by atoms with E-state index in [9.17, 15) is 30.0 Å². The highest BCUT2D eigenvalue weighted by Crippen LogP contribution is 2.30. The average Bonchev–Trinajstić information content (AvgIpc) is 3.41. The minimum Gasteiger partial charge on any atom is -0.478 e. The Kier molecular flexibility index (Phi) is 7.87. The first-order valence-corrected chi connectivity index (χ1v) is 11.4. The zero-order valence-electron chi connectivity index (χ0n) is 18.5. The summed E-state index contributed by atoms with van der Waals surface area (Å²) in [5.41, 5.74) is 0.796.